The Bertz CT molecular complexity index is 920. The van der Waals surface area contributed by atoms with Crippen LogP contribution in [0.1, 0.15) is 32.6 Å². The van der Waals surface area contributed by atoms with Crippen molar-refractivity contribution in [2.24, 2.45) is 0 Å². The van der Waals surface area contributed by atoms with E-state index in [1.54, 1.807) is 0 Å². The number of benzene rings is 3. The molecule has 150 valence electrons. The molecule has 0 aromatic heterocycles. The van der Waals surface area contributed by atoms with Crippen molar-refractivity contribution in [2.45, 2.75) is 30.2 Å². The molecule has 0 bridgehead atoms. The summed E-state index contributed by atoms with van der Waals surface area (Å²) in [5.41, 5.74) is 5.91. The van der Waals surface area contributed by atoms with E-state index in [1.165, 1.54) is 27.1 Å². The van der Waals surface area contributed by atoms with E-state index < -0.39 is 0 Å². The largest absolute Gasteiger partial charge is 0.351 e. The predicted octanol–water partition coefficient (Wildman–Crippen LogP) is 6.26. The molecule has 0 unspecified atom stereocenters. The van der Waals surface area contributed by atoms with Crippen LogP contribution in [0, 0.1) is 13.8 Å². The molecule has 4 heteroatoms. The van der Waals surface area contributed by atoms with Gasteiger partial charge in [-0.2, -0.15) is 11.8 Å². The fraction of sp³-hybridized carbons (Fsp3) is 0.240. The van der Waals surface area contributed by atoms with Crippen molar-refractivity contribution in [1.82, 2.24) is 5.32 Å². The molecule has 2 nitrogen and oxygen atoms in total. The molecule has 3 aromatic carbocycles. The SMILES string of the molecule is Cc1ccc(SCc2ccc(C(=O)NCCSCc3ccccc3C)cc2)cc1. The van der Waals surface area contributed by atoms with E-state index in [-0.39, 0.29) is 5.91 Å². The Hall–Kier alpha value is -2.17. The molecule has 0 atom stereocenters. The number of hydrogen-bond acceptors (Lipinski definition) is 3. The number of aryl methyl sites for hydroxylation is 2. The first-order valence-electron chi connectivity index (χ1n) is 9.81. The van der Waals surface area contributed by atoms with E-state index in [2.05, 4.69) is 67.7 Å². The lowest BCUT2D eigenvalue weighted by Gasteiger charge is -2.08. The molecule has 1 N–H and O–H groups in total. The van der Waals surface area contributed by atoms with Crippen LogP contribution in [-0.2, 0) is 11.5 Å². The highest BCUT2D eigenvalue weighted by Gasteiger charge is 2.05. The quantitative estimate of drug-likeness (QED) is 0.327. The third kappa shape index (κ3) is 6.98. The van der Waals surface area contributed by atoms with Gasteiger partial charge in [-0.05, 0) is 54.8 Å². The number of rotatable bonds is 9. The van der Waals surface area contributed by atoms with Crippen molar-refractivity contribution in [1.29, 1.82) is 0 Å². The molecule has 1 amide bonds. The summed E-state index contributed by atoms with van der Waals surface area (Å²) in [6.45, 7) is 4.92. The Balaban J connectivity index is 1.38. The lowest BCUT2D eigenvalue weighted by atomic mass is 10.1. The van der Waals surface area contributed by atoms with Crippen molar-refractivity contribution in [3.63, 3.8) is 0 Å². The van der Waals surface area contributed by atoms with Gasteiger partial charge in [0.05, 0.1) is 0 Å². The Kier molecular flexibility index (Phi) is 8.26. The standard InChI is InChI=1S/C25H27NOS2/c1-19-7-13-24(14-8-19)29-17-21-9-11-22(12-10-21)25(27)26-15-16-28-18-23-6-4-3-5-20(23)2/h3-14H,15-18H2,1-2H3,(H,26,27). The zero-order chi connectivity index (χ0) is 20.5. The van der Waals surface area contributed by atoms with Gasteiger partial charge in [0, 0.05) is 34.3 Å². The van der Waals surface area contributed by atoms with Gasteiger partial charge < -0.3 is 5.32 Å². The molecule has 0 saturated carbocycles. The Morgan fingerprint density at radius 3 is 2.31 bits per heavy atom. The summed E-state index contributed by atoms with van der Waals surface area (Å²) in [4.78, 5) is 13.6. The van der Waals surface area contributed by atoms with Gasteiger partial charge in [-0.25, -0.2) is 0 Å². The van der Waals surface area contributed by atoms with E-state index >= 15 is 0 Å². The highest BCUT2D eigenvalue weighted by Crippen LogP contribution is 2.23. The molecule has 0 aliphatic heterocycles. The first-order chi connectivity index (χ1) is 14.1. The van der Waals surface area contributed by atoms with Crippen LogP contribution in [0.5, 0.6) is 0 Å². The first kappa shape index (κ1) is 21.5. The maximum atomic E-state index is 12.3. The minimum atomic E-state index is -0.000714. The average molecular weight is 422 g/mol. The second-order valence-electron chi connectivity index (χ2n) is 7.03. The number of hydrogen-bond donors (Lipinski definition) is 1. The topological polar surface area (TPSA) is 29.1 Å². The molecule has 0 radical (unpaired) electrons. The third-order valence-electron chi connectivity index (χ3n) is 4.69. The number of amides is 1. The average Bonchev–Trinajstić information content (AvgIpc) is 2.74. The lowest BCUT2D eigenvalue weighted by Crippen LogP contribution is -2.25. The van der Waals surface area contributed by atoms with E-state index in [1.807, 2.05) is 47.8 Å². The van der Waals surface area contributed by atoms with Crippen molar-refractivity contribution in [3.05, 3.63) is 101 Å². The smallest absolute Gasteiger partial charge is 0.251 e. The van der Waals surface area contributed by atoms with Crippen LogP contribution >= 0.6 is 23.5 Å². The van der Waals surface area contributed by atoms with Gasteiger partial charge in [-0.15, -0.1) is 11.8 Å². The van der Waals surface area contributed by atoms with Crippen molar-refractivity contribution >= 4 is 29.4 Å². The maximum Gasteiger partial charge on any atom is 0.251 e. The highest BCUT2D eigenvalue weighted by molar-refractivity contribution is 7.98. The van der Waals surface area contributed by atoms with Gasteiger partial charge in [-0.3, -0.25) is 4.79 Å². The van der Waals surface area contributed by atoms with Gasteiger partial charge >= 0.3 is 0 Å². The molecular formula is C25H27NOS2. The molecule has 0 aliphatic carbocycles. The van der Waals surface area contributed by atoms with E-state index in [4.69, 9.17) is 0 Å². The minimum Gasteiger partial charge on any atom is -0.351 e. The van der Waals surface area contributed by atoms with Crippen LogP contribution in [0.25, 0.3) is 0 Å². The van der Waals surface area contributed by atoms with Crippen LogP contribution in [0.15, 0.2) is 77.7 Å². The molecule has 0 heterocycles. The summed E-state index contributed by atoms with van der Waals surface area (Å²) in [7, 11) is 0. The van der Waals surface area contributed by atoms with Gasteiger partial charge in [0.15, 0.2) is 0 Å². The number of carbonyl (C=O) groups is 1. The molecule has 3 rings (SSSR count). The second kappa shape index (κ2) is 11.1. The zero-order valence-corrected chi connectivity index (χ0v) is 18.6. The van der Waals surface area contributed by atoms with Crippen molar-refractivity contribution < 1.29 is 4.79 Å². The predicted molar refractivity (Wildman–Crippen MR) is 127 cm³/mol. The van der Waals surface area contributed by atoms with Crippen molar-refractivity contribution in [3.8, 4) is 0 Å². The summed E-state index contributed by atoms with van der Waals surface area (Å²) in [5, 5.41) is 3.02. The fourth-order valence-electron chi connectivity index (χ4n) is 2.85. The Morgan fingerprint density at radius 2 is 1.59 bits per heavy atom. The first-order valence-corrected chi connectivity index (χ1v) is 11.9. The summed E-state index contributed by atoms with van der Waals surface area (Å²) in [6.07, 6.45) is 0. The normalized spacial score (nSPS) is 10.7. The molecule has 3 aromatic rings. The Morgan fingerprint density at radius 1 is 0.862 bits per heavy atom. The molecule has 0 aliphatic rings. The highest BCUT2D eigenvalue weighted by atomic mass is 32.2. The minimum absolute atomic E-state index is 0.000714. The van der Waals surface area contributed by atoms with E-state index in [9.17, 15) is 4.79 Å². The van der Waals surface area contributed by atoms with Gasteiger partial charge in [-0.1, -0.05) is 54.1 Å². The van der Waals surface area contributed by atoms with Crippen molar-refractivity contribution in [2.75, 3.05) is 12.3 Å². The monoisotopic (exact) mass is 421 g/mol. The number of carbonyl (C=O) groups excluding carboxylic acids is 1. The second-order valence-corrected chi connectivity index (χ2v) is 9.19. The molecule has 29 heavy (non-hydrogen) atoms. The third-order valence-corrected chi connectivity index (χ3v) is 6.78. The van der Waals surface area contributed by atoms with Crippen LogP contribution in [-0.4, -0.2) is 18.2 Å². The number of nitrogens with one attached hydrogen (secondary N) is 1. The van der Waals surface area contributed by atoms with Crippen LogP contribution in [0.2, 0.25) is 0 Å². The van der Waals surface area contributed by atoms with Crippen LogP contribution < -0.4 is 5.32 Å². The Labute approximate surface area is 182 Å². The van der Waals surface area contributed by atoms with Gasteiger partial charge in [0.25, 0.3) is 5.91 Å². The number of thioether (sulfide) groups is 2. The fourth-order valence-corrected chi connectivity index (χ4v) is 4.64. The summed E-state index contributed by atoms with van der Waals surface area (Å²) < 4.78 is 0. The van der Waals surface area contributed by atoms with Gasteiger partial charge in [0.2, 0.25) is 0 Å². The van der Waals surface area contributed by atoms with Gasteiger partial charge in [0.1, 0.15) is 0 Å². The van der Waals surface area contributed by atoms with Crippen LogP contribution in [0.4, 0.5) is 0 Å². The lowest BCUT2D eigenvalue weighted by molar-refractivity contribution is 0.0956. The molecular weight excluding hydrogens is 394 g/mol. The summed E-state index contributed by atoms with van der Waals surface area (Å²) >= 11 is 3.66. The zero-order valence-electron chi connectivity index (χ0n) is 17.0. The van der Waals surface area contributed by atoms with Crippen LogP contribution in [0.3, 0.4) is 0 Å². The molecule has 0 saturated heterocycles. The molecule has 0 fully saturated rings. The summed E-state index contributed by atoms with van der Waals surface area (Å²) in [6, 6.07) is 24.9. The van der Waals surface area contributed by atoms with E-state index in [0.29, 0.717) is 6.54 Å². The maximum absolute atomic E-state index is 12.3. The summed E-state index contributed by atoms with van der Waals surface area (Å²) in [5.74, 6) is 2.79. The molecule has 0 spiro atoms. The van der Waals surface area contributed by atoms with E-state index in [0.717, 1.165) is 22.8 Å².